The highest BCUT2D eigenvalue weighted by Crippen LogP contribution is 2.29. The average molecular weight is 229 g/mol. The number of hydrogen-bond donors (Lipinski definition) is 0. The van der Waals surface area contributed by atoms with Crippen LogP contribution < -0.4 is 0 Å². The molecule has 0 atom stereocenters. The van der Waals surface area contributed by atoms with Crippen molar-refractivity contribution in [2.45, 2.75) is 39.5 Å². The van der Waals surface area contributed by atoms with E-state index in [4.69, 9.17) is 0 Å². The molecule has 0 aliphatic rings. The third kappa shape index (κ3) is 6.73. The minimum absolute atomic E-state index is 0.00556. The van der Waals surface area contributed by atoms with Crippen molar-refractivity contribution in [1.82, 2.24) is 0 Å². The number of alkyl halides is 3. The van der Waals surface area contributed by atoms with E-state index in [1.54, 1.807) is 0 Å². The molecular formula is C8H15BrF2. The first-order valence-corrected chi connectivity index (χ1v) is 4.83. The number of hydrogen-bond acceptors (Lipinski definition) is 0. The van der Waals surface area contributed by atoms with E-state index >= 15 is 0 Å². The summed E-state index contributed by atoms with van der Waals surface area (Å²) < 4.78 is 25.3. The summed E-state index contributed by atoms with van der Waals surface area (Å²) in [6, 6.07) is 0. The van der Waals surface area contributed by atoms with Crippen molar-refractivity contribution in [2.75, 3.05) is 5.33 Å². The van der Waals surface area contributed by atoms with Crippen molar-refractivity contribution in [3.8, 4) is 0 Å². The van der Waals surface area contributed by atoms with Gasteiger partial charge in [-0.2, -0.15) is 0 Å². The molecule has 0 nitrogen and oxygen atoms in total. The van der Waals surface area contributed by atoms with Crippen molar-refractivity contribution in [3.05, 3.63) is 0 Å². The Balaban J connectivity index is 3.70. The molecule has 11 heavy (non-hydrogen) atoms. The SMILES string of the molecule is CC(C)(C)CCC(F)(F)CBr. The summed E-state index contributed by atoms with van der Waals surface area (Å²) in [7, 11) is 0. The van der Waals surface area contributed by atoms with Gasteiger partial charge in [0.15, 0.2) is 0 Å². The number of rotatable bonds is 3. The lowest BCUT2D eigenvalue weighted by Crippen LogP contribution is -2.20. The molecule has 0 fully saturated rings. The van der Waals surface area contributed by atoms with Crippen molar-refractivity contribution >= 4 is 15.9 Å². The lowest BCUT2D eigenvalue weighted by atomic mass is 9.89. The Morgan fingerprint density at radius 2 is 1.55 bits per heavy atom. The molecule has 0 unspecified atom stereocenters. The van der Waals surface area contributed by atoms with Crippen LogP contribution in [0.25, 0.3) is 0 Å². The molecule has 0 spiro atoms. The van der Waals surface area contributed by atoms with Gasteiger partial charge >= 0.3 is 0 Å². The minimum atomic E-state index is -2.53. The van der Waals surface area contributed by atoms with Crippen molar-refractivity contribution in [1.29, 1.82) is 0 Å². The van der Waals surface area contributed by atoms with Gasteiger partial charge in [0.05, 0.1) is 5.33 Å². The smallest absolute Gasteiger partial charge is 0.206 e. The normalized spacial score (nSPS) is 13.6. The Morgan fingerprint density at radius 1 is 1.09 bits per heavy atom. The van der Waals surface area contributed by atoms with Crippen LogP contribution in [0.1, 0.15) is 33.6 Å². The summed E-state index contributed by atoms with van der Waals surface area (Å²) in [6.45, 7) is 5.91. The van der Waals surface area contributed by atoms with E-state index in [-0.39, 0.29) is 17.2 Å². The van der Waals surface area contributed by atoms with Gasteiger partial charge in [0.1, 0.15) is 0 Å². The fourth-order valence-corrected chi connectivity index (χ4v) is 0.905. The highest BCUT2D eigenvalue weighted by atomic mass is 79.9. The van der Waals surface area contributed by atoms with Gasteiger partial charge in [-0.1, -0.05) is 36.7 Å². The van der Waals surface area contributed by atoms with E-state index in [9.17, 15) is 8.78 Å². The third-order valence-corrected chi connectivity index (χ3v) is 2.26. The maximum atomic E-state index is 12.6. The van der Waals surface area contributed by atoms with Crippen molar-refractivity contribution in [2.24, 2.45) is 5.41 Å². The van der Waals surface area contributed by atoms with Gasteiger partial charge < -0.3 is 0 Å². The molecule has 0 bridgehead atoms. The second kappa shape index (κ2) is 3.83. The molecule has 0 amide bonds. The summed E-state index contributed by atoms with van der Waals surface area (Å²) >= 11 is 2.79. The van der Waals surface area contributed by atoms with Crippen LogP contribution in [-0.4, -0.2) is 11.3 Å². The van der Waals surface area contributed by atoms with Crippen LogP contribution in [0.3, 0.4) is 0 Å². The Kier molecular flexibility index (Phi) is 3.95. The summed E-state index contributed by atoms with van der Waals surface area (Å²) in [5.41, 5.74) is 0.00556. The van der Waals surface area contributed by atoms with Crippen LogP contribution in [-0.2, 0) is 0 Å². The van der Waals surface area contributed by atoms with Crippen LogP contribution in [0, 0.1) is 5.41 Å². The molecule has 0 heterocycles. The summed E-state index contributed by atoms with van der Waals surface area (Å²) in [5, 5.41) is -0.226. The Morgan fingerprint density at radius 3 is 1.82 bits per heavy atom. The summed E-state index contributed by atoms with van der Waals surface area (Å²) in [6.07, 6.45) is 0.535. The number of halogens is 3. The second-order valence-electron chi connectivity index (χ2n) is 4.05. The van der Waals surface area contributed by atoms with Gasteiger partial charge in [-0.25, -0.2) is 8.78 Å². The lowest BCUT2D eigenvalue weighted by Gasteiger charge is -2.21. The van der Waals surface area contributed by atoms with Crippen LogP contribution in [0.5, 0.6) is 0 Å². The van der Waals surface area contributed by atoms with Crippen LogP contribution >= 0.6 is 15.9 Å². The molecule has 0 aromatic heterocycles. The zero-order valence-electron chi connectivity index (χ0n) is 7.26. The van der Waals surface area contributed by atoms with Crippen LogP contribution in [0.4, 0.5) is 8.78 Å². The van der Waals surface area contributed by atoms with Crippen LogP contribution in [0.2, 0.25) is 0 Å². The average Bonchev–Trinajstić information content (AvgIpc) is 1.83. The fourth-order valence-electron chi connectivity index (χ4n) is 0.625. The molecule has 0 saturated heterocycles. The van der Waals surface area contributed by atoms with Gasteiger partial charge in [0, 0.05) is 6.42 Å². The predicted octanol–water partition coefficient (Wildman–Crippen LogP) is 3.84. The van der Waals surface area contributed by atoms with E-state index in [0.29, 0.717) is 6.42 Å². The van der Waals surface area contributed by atoms with E-state index in [1.165, 1.54) is 0 Å². The molecular weight excluding hydrogens is 214 g/mol. The van der Waals surface area contributed by atoms with Gasteiger partial charge in [-0.3, -0.25) is 0 Å². The maximum absolute atomic E-state index is 12.6. The monoisotopic (exact) mass is 228 g/mol. The second-order valence-corrected chi connectivity index (χ2v) is 4.61. The summed E-state index contributed by atoms with van der Waals surface area (Å²) in [5.74, 6) is -2.53. The fraction of sp³-hybridized carbons (Fsp3) is 1.00. The first-order chi connectivity index (χ1) is 4.77. The molecule has 0 aromatic rings. The van der Waals surface area contributed by atoms with E-state index < -0.39 is 5.92 Å². The largest absolute Gasteiger partial charge is 0.257 e. The van der Waals surface area contributed by atoms with Crippen LogP contribution in [0.15, 0.2) is 0 Å². The molecule has 0 aliphatic heterocycles. The molecule has 0 rings (SSSR count). The standard InChI is InChI=1S/C8H15BrF2/c1-7(2,3)4-5-8(10,11)6-9/h4-6H2,1-3H3. The highest BCUT2D eigenvalue weighted by molar-refractivity contribution is 9.09. The Hall–Kier alpha value is 0.340. The molecule has 68 valence electrons. The molecule has 0 aliphatic carbocycles. The minimum Gasteiger partial charge on any atom is -0.206 e. The van der Waals surface area contributed by atoms with Gasteiger partial charge in [0.25, 0.3) is 5.92 Å². The molecule has 3 heteroatoms. The van der Waals surface area contributed by atoms with Gasteiger partial charge in [0.2, 0.25) is 0 Å². The van der Waals surface area contributed by atoms with E-state index in [0.717, 1.165) is 0 Å². The Labute approximate surface area is 75.5 Å². The Bertz CT molecular complexity index is 116. The molecule has 0 N–H and O–H groups in total. The molecule has 0 aromatic carbocycles. The maximum Gasteiger partial charge on any atom is 0.257 e. The lowest BCUT2D eigenvalue weighted by molar-refractivity contribution is 0.00889. The van der Waals surface area contributed by atoms with Gasteiger partial charge in [-0.15, -0.1) is 0 Å². The van der Waals surface area contributed by atoms with Crippen molar-refractivity contribution in [3.63, 3.8) is 0 Å². The quantitative estimate of drug-likeness (QED) is 0.645. The first kappa shape index (κ1) is 11.3. The molecule has 0 radical (unpaired) electrons. The van der Waals surface area contributed by atoms with Crippen molar-refractivity contribution < 1.29 is 8.78 Å². The first-order valence-electron chi connectivity index (χ1n) is 3.71. The summed E-state index contributed by atoms with van der Waals surface area (Å²) in [4.78, 5) is 0. The topological polar surface area (TPSA) is 0 Å². The third-order valence-electron chi connectivity index (χ3n) is 1.44. The van der Waals surface area contributed by atoms with E-state index in [1.807, 2.05) is 20.8 Å². The van der Waals surface area contributed by atoms with Gasteiger partial charge in [-0.05, 0) is 11.8 Å². The predicted molar refractivity (Wildman–Crippen MR) is 47.4 cm³/mol. The van der Waals surface area contributed by atoms with E-state index in [2.05, 4.69) is 15.9 Å². The zero-order chi connectivity index (χ0) is 9.12. The zero-order valence-corrected chi connectivity index (χ0v) is 8.84. The molecule has 0 saturated carbocycles. The highest BCUT2D eigenvalue weighted by Gasteiger charge is 2.28.